The molecule has 0 unspecified atom stereocenters. The van der Waals surface area contributed by atoms with E-state index in [2.05, 4.69) is 21.2 Å². The number of carbonyl (C=O) groups is 1. The van der Waals surface area contributed by atoms with Gasteiger partial charge in [-0.15, -0.1) is 0 Å². The average Bonchev–Trinajstić information content (AvgIpc) is 2.42. The summed E-state index contributed by atoms with van der Waals surface area (Å²) in [5.41, 5.74) is -0.110. The molecule has 2 aromatic rings. The Balaban J connectivity index is 2.40. The summed E-state index contributed by atoms with van der Waals surface area (Å²) >= 11 is 8.96. The van der Waals surface area contributed by atoms with Crippen LogP contribution in [0.4, 0.5) is 14.5 Å². The van der Waals surface area contributed by atoms with E-state index in [4.69, 9.17) is 16.3 Å². The fraction of sp³-hybridized carbons (Fsp3) is 0.0714. The Kier molecular flexibility index (Phi) is 4.80. The summed E-state index contributed by atoms with van der Waals surface area (Å²) in [7, 11) is 1.33. The fourth-order valence-corrected chi connectivity index (χ4v) is 2.63. The first-order valence-electron chi connectivity index (χ1n) is 5.72. The largest absolute Gasteiger partial charge is 0.496 e. The summed E-state index contributed by atoms with van der Waals surface area (Å²) < 4.78 is 32.2. The number of hydrogen-bond donors (Lipinski definition) is 1. The quantitative estimate of drug-likeness (QED) is 0.847. The van der Waals surface area contributed by atoms with E-state index in [1.807, 2.05) is 0 Å². The summed E-state index contributed by atoms with van der Waals surface area (Å²) in [4.78, 5) is 12.2. The minimum absolute atomic E-state index is 0.00877. The summed E-state index contributed by atoms with van der Waals surface area (Å²) in [6.45, 7) is 0. The second-order valence-corrected chi connectivity index (χ2v) is 5.28. The first-order valence-corrected chi connectivity index (χ1v) is 6.89. The predicted molar refractivity (Wildman–Crippen MR) is 80.0 cm³/mol. The molecule has 0 fully saturated rings. The molecule has 0 aliphatic rings. The van der Waals surface area contributed by atoms with Gasteiger partial charge in [-0.1, -0.05) is 17.7 Å². The van der Waals surface area contributed by atoms with Crippen molar-refractivity contribution in [2.45, 2.75) is 0 Å². The highest BCUT2D eigenvalue weighted by Crippen LogP contribution is 2.33. The summed E-state index contributed by atoms with van der Waals surface area (Å²) in [6, 6.07) is 6.20. The lowest BCUT2D eigenvalue weighted by atomic mass is 10.1. The van der Waals surface area contributed by atoms with Crippen LogP contribution in [0.3, 0.4) is 0 Å². The maximum Gasteiger partial charge on any atom is 0.262 e. The van der Waals surface area contributed by atoms with Crippen LogP contribution in [-0.4, -0.2) is 13.0 Å². The first kappa shape index (κ1) is 15.7. The number of carbonyl (C=O) groups excluding carboxylic acids is 1. The number of rotatable bonds is 3. The van der Waals surface area contributed by atoms with Crippen LogP contribution in [0.25, 0.3) is 0 Å². The number of benzene rings is 2. The Labute approximate surface area is 133 Å². The molecule has 3 nitrogen and oxygen atoms in total. The van der Waals surface area contributed by atoms with Crippen LogP contribution in [0, 0.1) is 11.6 Å². The Morgan fingerprint density at radius 3 is 2.67 bits per heavy atom. The van der Waals surface area contributed by atoms with Crippen LogP contribution in [0.1, 0.15) is 10.4 Å². The van der Waals surface area contributed by atoms with Crippen molar-refractivity contribution in [1.29, 1.82) is 0 Å². The molecule has 0 atom stereocenters. The third kappa shape index (κ3) is 3.33. The van der Waals surface area contributed by atoms with E-state index in [0.29, 0.717) is 0 Å². The van der Waals surface area contributed by atoms with Gasteiger partial charge in [-0.3, -0.25) is 4.79 Å². The van der Waals surface area contributed by atoms with Crippen LogP contribution in [0.2, 0.25) is 5.02 Å². The molecule has 7 heteroatoms. The summed E-state index contributed by atoms with van der Waals surface area (Å²) in [6.07, 6.45) is 0. The van der Waals surface area contributed by atoms with Gasteiger partial charge >= 0.3 is 0 Å². The van der Waals surface area contributed by atoms with E-state index in [1.54, 1.807) is 0 Å². The number of hydrogen-bond acceptors (Lipinski definition) is 2. The molecule has 0 aliphatic heterocycles. The highest BCUT2D eigenvalue weighted by atomic mass is 79.9. The minimum Gasteiger partial charge on any atom is -0.496 e. The standard InChI is InChI=1S/C14H9BrClF2NO2/c1-21-11-4-2-3-10(18)12(11)14(20)19-13-8(15)5-7(17)6-9(13)16/h2-6H,1H3,(H,19,20). The van der Waals surface area contributed by atoms with Crippen molar-refractivity contribution in [3.8, 4) is 5.75 Å². The molecule has 0 bridgehead atoms. The van der Waals surface area contributed by atoms with Crippen molar-refractivity contribution in [1.82, 2.24) is 0 Å². The molecule has 0 radical (unpaired) electrons. The predicted octanol–water partition coefficient (Wildman–Crippen LogP) is 4.64. The van der Waals surface area contributed by atoms with Crippen LogP contribution < -0.4 is 10.1 Å². The molecule has 21 heavy (non-hydrogen) atoms. The van der Waals surface area contributed by atoms with Gasteiger partial charge in [0, 0.05) is 4.47 Å². The minimum atomic E-state index is -0.751. The van der Waals surface area contributed by atoms with E-state index in [1.165, 1.54) is 19.2 Å². The second kappa shape index (κ2) is 6.41. The van der Waals surface area contributed by atoms with Crippen LogP contribution >= 0.6 is 27.5 Å². The van der Waals surface area contributed by atoms with Gasteiger partial charge in [0.05, 0.1) is 17.8 Å². The Morgan fingerprint density at radius 1 is 1.33 bits per heavy atom. The number of methoxy groups -OCH3 is 1. The van der Waals surface area contributed by atoms with Gasteiger partial charge in [-0.05, 0) is 40.2 Å². The van der Waals surface area contributed by atoms with Crippen LogP contribution in [0.15, 0.2) is 34.8 Å². The Bertz CT molecular complexity index is 686. The third-order valence-electron chi connectivity index (χ3n) is 2.67. The molecule has 0 saturated carbocycles. The van der Waals surface area contributed by atoms with Gasteiger partial charge in [0.1, 0.15) is 22.9 Å². The lowest BCUT2D eigenvalue weighted by molar-refractivity contribution is 0.102. The van der Waals surface area contributed by atoms with E-state index < -0.39 is 17.5 Å². The normalized spacial score (nSPS) is 10.3. The van der Waals surface area contributed by atoms with Gasteiger partial charge < -0.3 is 10.1 Å². The number of nitrogens with one attached hydrogen (secondary N) is 1. The molecule has 0 spiro atoms. The van der Waals surface area contributed by atoms with Gasteiger partial charge in [0.2, 0.25) is 0 Å². The monoisotopic (exact) mass is 375 g/mol. The zero-order chi connectivity index (χ0) is 15.6. The van der Waals surface area contributed by atoms with Gasteiger partial charge in [0.25, 0.3) is 5.91 Å². The first-order chi connectivity index (χ1) is 9.93. The van der Waals surface area contributed by atoms with Crippen molar-refractivity contribution >= 4 is 39.1 Å². The number of halogens is 4. The number of anilines is 1. The lowest BCUT2D eigenvalue weighted by Crippen LogP contribution is -2.16. The molecular formula is C14H9BrClF2NO2. The Morgan fingerprint density at radius 2 is 2.05 bits per heavy atom. The van der Waals surface area contributed by atoms with Crippen molar-refractivity contribution < 1.29 is 18.3 Å². The van der Waals surface area contributed by atoms with E-state index in [-0.39, 0.29) is 26.5 Å². The molecule has 0 aliphatic carbocycles. The molecule has 0 aromatic heterocycles. The molecule has 1 N–H and O–H groups in total. The lowest BCUT2D eigenvalue weighted by Gasteiger charge is -2.12. The molecule has 0 heterocycles. The summed E-state index contributed by atoms with van der Waals surface area (Å²) in [5, 5.41) is 2.42. The fourth-order valence-electron chi connectivity index (χ4n) is 1.73. The zero-order valence-electron chi connectivity index (χ0n) is 10.7. The van der Waals surface area contributed by atoms with Crippen molar-refractivity contribution in [2.24, 2.45) is 0 Å². The molecule has 2 rings (SSSR count). The molecule has 0 saturated heterocycles. The number of ether oxygens (including phenoxy) is 1. The van der Waals surface area contributed by atoms with E-state index >= 15 is 0 Å². The maximum atomic E-state index is 13.8. The molecular weight excluding hydrogens is 368 g/mol. The smallest absolute Gasteiger partial charge is 0.262 e. The summed E-state index contributed by atoms with van der Waals surface area (Å²) in [5.74, 6) is -1.96. The zero-order valence-corrected chi connectivity index (χ0v) is 13.1. The van der Waals surface area contributed by atoms with Crippen molar-refractivity contribution in [2.75, 3.05) is 12.4 Å². The maximum absolute atomic E-state index is 13.8. The van der Waals surface area contributed by atoms with Gasteiger partial charge in [-0.2, -0.15) is 0 Å². The third-order valence-corrected chi connectivity index (χ3v) is 3.59. The Hall–Kier alpha value is -1.66. The molecule has 2 aromatic carbocycles. The van der Waals surface area contributed by atoms with Gasteiger partial charge in [-0.25, -0.2) is 8.78 Å². The number of amides is 1. The SMILES string of the molecule is COc1cccc(F)c1C(=O)Nc1c(Cl)cc(F)cc1Br. The topological polar surface area (TPSA) is 38.3 Å². The highest BCUT2D eigenvalue weighted by Gasteiger charge is 2.20. The van der Waals surface area contributed by atoms with Crippen LogP contribution in [0.5, 0.6) is 5.75 Å². The van der Waals surface area contributed by atoms with Crippen molar-refractivity contribution in [3.63, 3.8) is 0 Å². The average molecular weight is 377 g/mol. The van der Waals surface area contributed by atoms with Gasteiger partial charge in [0.15, 0.2) is 0 Å². The highest BCUT2D eigenvalue weighted by molar-refractivity contribution is 9.10. The molecule has 1 amide bonds. The van der Waals surface area contributed by atoms with Crippen LogP contribution in [-0.2, 0) is 0 Å². The molecule has 110 valence electrons. The van der Waals surface area contributed by atoms with E-state index in [0.717, 1.165) is 18.2 Å². The second-order valence-electron chi connectivity index (χ2n) is 4.02. The van der Waals surface area contributed by atoms with E-state index in [9.17, 15) is 13.6 Å². The van der Waals surface area contributed by atoms with Crippen molar-refractivity contribution in [3.05, 3.63) is 57.0 Å².